The molecule has 1 aliphatic carbocycles. The first-order valence-electron chi connectivity index (χ1n) is 17.3. The van der Waals surface area contributed by atoms with E-state index in [0.717, 1.165) is 70.0 Å². The first-order chi connectivity index (χ1) is 24.1. The number of fused-ring (bicyclic) bond motifs is 2. The lowest BCUT2D eigenvalue weighted by Crippen LogP contribution is -2.28. The summed E-state index contributed by atoms with van der Waals surface area (Å²) >= 11 is 0. The molecule has 1 N–H and O–H groups in total. The summed E-state index contributed by atoms with van der Waals surface area (Å²) in [6.45, 7) is 9.48. The van der Waals surface area contributed by atoms with E-state index in [1.165, 1.54) is 6.33 Å². The maximum atomic E-state index is 11.6. The van der Waals surface area contributed by atoms with Crippen LogP contribution in [0.1, 0.15) is 70.9 Å². The molecule has 11 nitrogen and oxygen atoms in total. The molecule has 0 amide bonds. The molecule has 0 unspecified atom stereocenters. The molecule has 270 valence electrons. The fourth-order valence-corrected chi connectivity index (χ4v) is 8.76. The Hall–Kier alpha value is -4.17. The van der Waals surface area contributed by atoms with Gasteiger partial charge in [0.2, 0.25) is 5.69 Å². The van der Waals surface area contributed by atoms with Crippen LogP contribution < -0.4 is 4.90 Å². The lowest BCUT2D eigenvalue weighted by atomic mass is 9.81. The molecule has 2 aliphatic heterocycles. The minimum atomic E-state index is -4.33. The van der Waals surface area contributed by atoms with E-state index in [4.69, 9.17) is 0 Å². The monoisotopic (exact) mass is 731 g/mol. The molecule has 3 heterocycles. The summed E-state index contributed by atoms with van der Waals surface area (Å²) in [6, 6.07) is 16.2. The summed E-state index contributed by atoms with van der Waals surface area (Å²) in [5.74, 6) is -0.736. The van der Waals surface area contributed by atoms with Gasteiger partial charge in [0.15, 0.2) is 5.71 Å². The normalized spacial score (nSPS) is 20.2. The molecule has 0 radical (unpaired) electrons. The summed E-state index contributed by atoms with van der Waals surface area (Å²) < 4.78 is 70.8. The van der Waals surface area contributed by atoms with Crippen molar-refractivity contribution >= 4 is 43.0 Å². The van der Waals surface area contributed by atoms with Crippen LogP contribution in [0.15, 0.2) is 102 Å². The highest BCUT2D eigenvalue weighted by molar-refractivity contribution is 7.85. The third-order valence-corrected chi connectivity index (χ3v) is 11.8. The van der Waals surface area contributed by atoms with Gasteiger partial charge in [0.1, 0.15) is 19.2 Å². The molecular weight excluding hydrogens is 687 g/mol. The van der Waals surface area contributed by atoms with Crippen LogP contribution in [0.4, 0.5) is 11.4 Å². The van der Waals surface area contributed by atoms with Gasteiger partial charge < -0.3 is 9.45 Å². The van der Waals surface area contributed by atoms with Gasteiger partial charge in [-0.3, -0.25) is 4.55 Å². The van der Waals surface area contributed by atoms with Crippen molar-refractivity contribution in [1.82, 2.24) is 14.8 Å². The van der Waals surface area contributed by atoms with Gasteiger partial charge in [-0.25, -0.2) is 18.1 Å². The standard InChI is InChI=1S/C38H45N5O6S2/c1-37(2)30-14-5-7-16-32(30)41(22-10-24-50(44,45)46)34(37)20-18-28-12-9-13-29(36(28)43-27-39-26-40-43)19-21-35-38(3,4)31-15-6-8-17-33(31)42(35)23-11-25-51(47,48)49/h5-8,14-21,26-27H,9-13,22-25H2,1-4H3,(H-,44,45,46,47,48,49). The van der Waals surface area contributed by atoms with Crippen molar-refractivity contribution < 1.29 is 30.5 Å². The van der Waals surface area contributed by atoms with Crippen LogP contribution in [-0.4, -0.2) is 75.6 Å². The quantitative estimate of drug-likeness (QED) is 0.172. The Morgan fingerprint density at radius 2 is 1.63 bits per heavy atom. The van der Waals surface area contributed by atoms with Crippen molar-refractivity contribution in [2.75, 3.05) is 29.5 Å². The van der Waals surface area contributed by atoms with E-state index in [1.54, 1.807) is 11.0 Å². The Bertz CT molecular complexity index is 2190. The van der Waals surface area contributed by atoms with Gasteiger partial charge >= 0.3 is 0 Å². The average molecular weight is 732 g/mol. The predicted octanol–water partition coefficient (Wildman–Crippen LogP) is 6.13. The summed E-state index contributed by atoms with van der Waals surface area (Å²) in [7, 11) is -8.42. The van der Waals surface area contributed by atoms with Crippen molar-refractivity contribution in [2.24, 2.45) is 0 Å². The Balaban J connectivity index is 1.41. The maximum absolute atomic E-state index is 11.6. The van der Waals surface area contributed by atoms with E-state index in [2.05, 4.69) is 83.7 Å². The van der Waals surface area contributed by atoms with Crippen molar-refractivity contribution in [2.45, 2.75) is 70.6 Å². The van der Waals surface area contributed by atoms with Crippen molar-refractivity contribution in [3.63, 3.8) is 0 Å². The predicted molar refractivity (Wildman–Crippen MR) is 199 cm³/mol. The number of hydrogen-bond acceptors (Lipinski definition) is 8. The molecule has 0 atom stereocenters. The zero-order valence-corrected chi connectivity index (χ0v) is 31.1. The Labute approximate surface area is 300 Å². The third-order valence-electron chi connectivity index (χ3n) is 10.2. The molecule has 6 rings (SSSR count). The van der Waals surface area contributed by atoms with E-state index in [0.29, 0.717) is 13.1 Å². The Morgan fingerprint density at radius 3 is 2.33 bits per heavy atom. The molecule has 0 saturated heterocycles. The number of anilines is 1. The number of aromatic nitrogens is 3. The molecule has 0 saturated carbocycles. The van der Waals surface area contributed by atoms with E-state index in [-0.39, 0.29) is 29.4 Å². The highest BCUT2D eigenvalue weighted by Gasteiger charge is 2.44. The average Bonchev–Trinajstić information content (AvgIpc) is 3.72. The van der Waals surface area contributed by atoms with Crippen molar-refractivity contribution in [3.8, 4) is 0 Å². The van der Waals surface area contributed by atoms with E-state index >= 15 is 0 Å². The number of nitrogens with zero attached hydrogens (tertiary/aromatic N) is 5. The van der Waals surface area contributed by atoms with Crippen LogP contribution in [0, 0.1) is 0 Å². The van der Waals surface area contributed by atoms with Gasteiger partial charge in [0.25, 0.3) is 10.1 Å². The summed E-state index contributed by atoms with van der Waals surface area (Å²) in [6.07, 6.45) is 14.8. The van der Waals surface area contributed by atoms with Crippen LogP contribution in [0.5, 0.6) is 0 Å². The Morgan fingerprint density at radius 1 is 0.902 bits per heavy atom. The lowest BCUT2D eigenvalue weighted by molar-refractivity contribution is -0.437. The smallest absolute Gasteiger partial charge is 0.264 e. The van der Waals surface area contributed by atoms with Crippen LogP contribution in [0.3, 0.4) is 0 Å². The second-order valence-electron chi connectivity index (χ2n) is 14.4. The maximum Gasteiger partial charge on any atom is 0.264 e. The lowest BCUT2D eigenvalue weighted by Gasteiger charge is -2.27. The van der Waals surface area contributed by atoms with Crippen LogP contribution >= 0.6 is 0 Å². The highest BCUT2D eigenvalue weighted by atomic mass is 32.2. The van der Waals surface area contributed by atoms with Gasteiger partial charge in [-0.2, -0.15) is 18.1 Å². The molecule has 3 aliphatic rings. The van der Waals surface area contributed by atoms with Gasteiger partial charge in [0, 0.05) is 53.2 Å². The molecule has 0 spiro atoms. The Kier molecular flexibility index (Phi) is 10.1. The molecule has 51 heavy (non-hydrogen) atoms. The van der Waals surface area contributed by atoms with Gasteiger partial charge in [-0.15, -0.1) is 0 Å². The summed E-state index contributed by atoms with van der Waals surface area (Å²) in [5.41, 5.74) is 8.75. The van der Waals surface area contributed by atoms with Crippen molar-refractivity contribution in [3.05, 3.63) is 113 Å². The molecule has 3 aromatic rings. The number of benzene rings is 2. The zero-order chi connectivity index (χ0) is 36.6. The van der Waals surface area contributed by atoms with Gasteiger partial charge in [-0.1, -0.05) is 62.4 Å². The third kappa shape index (κ3) is 7.71. The fourth-order valence-electron chi connectivity index (χ4n) is 7.78. The topological polar surface area (TPSA) is 149 Å². The minimum absolute atomic E-state index is 0.217. The molecule has 1 aromatic heterocycles. The molecule has 13 heteroatoms. The summed E-state index contributed by atoms with van der Waals surface area (Å²) in [5, 5.41) is 4.54. The first kappa shape index (κ1) is 36.6. The molecule has 0 bridgehead atoms. The van der Waals surface area contributed by atoms with E-state index in [1.807, 2.05) is 36.4 Å². The number of rotatable bonds is 12. The molecular formula is C38H45N5O6S2. The van der Waals surface area contributed by atoms with Crippen LogP contribution in [0.2, 0.25) is 0 Å². The number of allylic oxidation sites excluding steroid dienone is 8. The second kappa shape index (κ2) is 14.1. The number of hydrogen-bond donors (Lipinski definition) is 1. The zero-order valence-electron chi connectivity index (χ0n) is 29.5. The second-order valence-corrected chi connectivity index (χ2v) is 17.5. The first-order valence-corrected chi connectivity index (χ1v) is 20.4. The van der Waals surface area contributed by atoms with Crippen LogP contribution in [0.25, 0.3) is 5.70 Å². The van der Waals surface area contributed by atoms with Crippen molar-refractivity contribution in [1.29, 1.82) is 0 Å². The van der Waals surface area contributed by atoms with Gasteiger partial charge in [0.05, 0.1) is 27.0 Å². The fraction of sp³-hybridized carbons (Fsp3) is 0.395. The highest BCUT2D eigenvalue weighted by Crippen LogP contribution is 2.48. The van der Waals surface area contributed by atoms with Crippen LogP contribution in [-0.2, 0) is 31.1 Å². The largest absolute Gasteiger partial charge is 0.748 e. The van der Waals surface area contributed by atoms with E-state index in [9.17, 15) is 25.9 Å². The van der Waals surface area contributed by atoms with E-state index < -0.39 is 26.0 Å². The summed E-state index contributed by atoms with van der Waals surface area (Å²) in [4.78, 5) is 6.41. The number of para-hydroxylation sites is 2. The van der Waals surface area contributed by atoms with Gasteiger partial charge in [-0.05, 0) is 68.4 Å². The minimum Gasteiger partial charge on any atom is -0.748 e. The molecule has 2 aromatic carbocycles. The SMILES string of the molecule is CC1(C)C(/C=C/C2=C(n3cncn3)C(=C/C=C3\N(CCCS(=O)(=O)O)c4ccccc4C3(C)C)/CCC2)=[N+](CCCS(=O)(=O)[O-])c2ccccc21. The molecule has 0 fully saturated rings.